The Morgan fingerprint density at radius 2 is 1.93 bits per heavy atom. The highest BCUT2D eigenvalue weighted by atomic mass is 32.2. The van der Waals surface area contributed by atoms with Crippen LogP contribution in [0.1, 0.15) is 17.5 Å². The van der Waals surface area contributed by atoms with Gasteiger partial charge in [-0.05, 0) is 49.1 Å². The molecule has 0 aromatic heterocycles. The predicted octanol–water partition coefficient (Wildman–Crippen LogP) is 2.50. The molecule has 0 spiro atoms. The van der Waals surface area contributed by atoms with Crippen LogP contribution in [0.25, 0.3) is 0 Å². The van der Waals surface area contributed by atoms with E-state index in [2.05, 4.69) is 0 Å². The molecule has 0 saturated carbocycles. The monoisotopic (exact) mass is 386 g/mol. The number of aryl methyl sites for hydroxylation is 2. The number of amides is 1. The number of nitrogens with zero attached hydrogens (tertiary/aromatic N) is 2. The van der Waals surface area contributed by atoms with Crippen LogP contribution in [-0.4, -0.2) is 39.8 Å². The molecule has 0 N–H and O–H groups in total. The third-order valence-corrected chi connectivity index (χ3v) is 6.18. The van der Waals surface area contributed by atoms with Gasteiger partial charge >= 0.3 is 0 Å². The van der Waals surface area contributed by atoms with E-state index < -0.39 is 16.1 Å². The van der Waals surface area contributed by atoms with Crippen molar-refractivity contribution in [1.29, 1.82) is 0 Å². The van der Waals surface area contributed by atoms with Crippen LogP contribution in [0.15, 0.2) is 42.5 Å². The number of hydrogen-bond donors (Lipinski definition) is 0. The third-order valence-electron chi connectivity index (χ3n) is 5.04. The maximum Gasteiger partial charge on any atom is 0.269 e. The minimum absolute atomic E-state index is 0.0210. The quantitative estimate of drug-likeness (QED) is 0.795. The molecule has 2 aromatic rings. The van der Waals surface area contributed by atoms with E-state index >= 15 is 0 Å². The van der Waals surface area contributed by atoms with Crippen molar-refractivity contribution in [3.8, 4) is 5.75 Å². The fraction of sp³-hybridized carbons (Fsp3) is 0.350. The summed E-state index contributed by atoms with van der Waals surface area (Å²) in [5, 5.41) is 0. The van der Waals surface area contributed by atoms with E-state index in [0.29, 0.717) is 18.0 Å². The molecule has 0 radical (unpaired) electrons. The fourth-order valence-corrected chi connectivity index (χ4v) is 4.65. The first-order valence-electron chi connectivity index (χ1n) is 8.99. The van der Waals surface area contributed by atoms with Crippen LogP contribution < -0.4 is 13.9 Å². The molecule has 4 rings (SSSR count). The number of rotatable bonds is 2. The van der Waals surface area contributed by atoms with Gasteiger partial charge in [0, 0.05) is 12.2 Å². The van der Waals surface area contributed by atoms with Gasteiger partial charge in [0.05, 0.1) is 18.5 Å². The molecule has 1 amide bonds. The number of ether oxygens (including phenoxy) is 1. The summed E-state index contributed by atoms with van der Waals surface area (Å²) in [5.74, 6) is 0.211. The summed E-state index contributed by atoms with van der Waals surface area (Å²) in [6, 6.07) is 13.2. The van der Waals surface area contributed by atoms with E-state index in [-0.39, 0.29) is 12.5 Å². The van der Waals surface area contributed by atoms with Crippen LogP contribution in [0.5, 0.6) is 5.75 Å². The number of benzene rings is 2. The Kier molecular flexibility index (Phi) is 4.34. The number of hydrogen-bond acceptors (Lipinski definition) is 4. The van der Waals surface area contributed by atoms with E-state index in [4.69, 9.17) is 4.74 Å². The van der Waals surface area contributed by atoms with Crippen molar-refractivity contribution < 1.29 is 17.9 Å². The first-order valence-corrected chi connectivity index (χ1v) is 10.8. The van der Waals surface area contributed by atoms with Crippen LogP contribution in [-0.2, 0) is 21.2 Å². The maximum atomic E-state index is 13.2. The average Bonchev–Trinajstić information content (AvgIpc) is 2.65. The molecule has 0 bridgehead atoms. The van der Waals surface area contributed by atoms with Gasteiger partial charge in [0.2, 0.25) is 10.0 Å². The molecule has 2 aliphatic rings. The van der Waals surface area contributed by atoms with Crippen LogP contribution in [0.2, 0.25) is 0 Å². The summed E-state index contributed by atoms with van der Waals surface area (Å²) in [4.78, 5) is 15.0. The standard InChI is InChI=1S/C20H22N2O4S/c1-14-9-10-18-17(12-14)22(27(2,24)25)13-19(26-18)20(23)21-11-5-7-15-6-3-4-8-16(15)21/h3-4,6,8-10,12,19H,5,7,11,13H2,1-2H3. The smallest absolute Gasteiger partial charge is 0.269 e. The van der Waals surface area contributed by atoms with E-state index in [1.165, 1.54) is 4.31 Å². The first kappa shape index (κ1) is 17.9. The van der Waals surface area contributed by atoms with Crippen LogP contribution in [0.4, 0.5) is 11.4 Å². The number of para-hydroxylation sites is 1. The number of carbonyl (C=O) groups excluding carboxylic acids is 1. The Morgan fingerprint density at radius 1 is 1.15 bits per heavy atom. The minimum Gasteiger partial charge on any atom is -0.476 e. The van der Waals surface area contributed by atoms with Gasteiger partial charge < -0.3 is 9.64 Å². The molecular weight excluding hydrogens is 364 g/mol. The first-order chi connectivity index (χ1) is 12.8. The normalized spacial score (nSPS) is 19.1. The molecule has 0 fully saturated rings. The topological polar surface area (TPSA) is 66.9 Å². The molecule has 2 aliphatic heterocycles. The molecular formula is C20H22N2O4S. The van der Waals surface area contributed by atoms with Crippen LogP contribution in [0.3, 0.4) is 0 Å². The molecule has 1 atom stereocenters. The molecule has 27 heavy (non-hydrogen) atoms. The second-order valence-electron chi connectivity index (χ2n) is 7.09. The molecule has 2 heterocycles. The Bertz CT molecular complexity index is 1000. The molecule has 142 valence electrons. The van der Waals surface area contributed by atoms with Gasteiger partial charge in [0.15, 0.2) is 6.10 Å². The minimum atomic E-state index is -3.53. The summed E-state index contributed by atoms with van der Waals surface area (Å²) in [6.07, 6.45) is 2.09. The molecule has 0 aliphatic carbocycles. The largest absolute Gasteiger partial charge is 0.476 e. The van der Waals surface area contributed by atoms with Gasteiger partial charge in [0.1, 0.15) is 5.75 Å². The highest BCUT2D eigenvalue weighted by Gasteiger charge is 2.38. The summed E-state index contributed by atoms with van der Waals surface area (Å²) in [6.45, 7) is 2.48. The zero-order valence-corrected chi connectivity index (χ0v) is 16.2. The summed E-state index contributed by atoms with van der Waals surface area (Å²) < 4.78 is 31.9. The highest BCUT2D eigenvalue weighted by molar-refractivity contribution is 7.92. The lowest BCUT2D eigenvalue weighted by Gasteiger charge is -2.37. The Balaban J connectivity index is 1.69. The summed E-state index contributed by atoms with van der Waals surface area (Å²) in [5.41, 5.74) is 3.43. The van der Waals surface area contributed by atoms with E-state index in [1.54, 1.807) is 17.0 Å². The molecule has 7 heteroatoms. The number of fused-ring (bicyclic) bond motifs is 2. The zero-order valence-electron chi connectivity index (χ0n) is 15.4. The second kappa shape index (κ2) is 6.56. The van der Waals surface area contributed by atoms with Crippen molar-refractivity contribution in [1.82, 2.24) is 0 Å². The number of carbonyl (C=O) groups is 1. The van der Waals surface area contributed by atoms with Gasteiger partial charge in [-0.1, -0.05) is 24.3 Å². The van der Waals surface area contributed by atoms with E-state index in [1.807, 2.05) is 37.3 Å². The molecule has 6 nitrogen and oxygen atoms in total. The van der Waals surface area contributed by atoms with E-state index in [0.717, 1.165) is 35.9 Å². The fourth-order valence-electron chi connectivity index (χ4n) is 3.74. The van der Waals surface area contributed by atoms with Crippen molar-refractivity contribution in [2.75, 3.05) is 28.6 Å². The van der Waals surface area contributed by atoms with Crippen molar-refractivity contribution in [3.63, 3.8) is 0 Å². The van der Waals surface area contributed by atoms with Crippen molar-refractivity contribution in [2.45, 2.75) is 25.9 Å². The van der Waals surface area contributed by atoms with Gasteiger partial charge in [-0.2, -0.15) is 0 Å². The maximum absolute atomic E-state index is 13.2. The lowest BCUT2D eigenvalue weighted by atomic mass is 10.0. The Hall–Kier alpha value is -2.54. The lowest BCUT2D eigenvalue weighted by molar-refractivity contribution is -0.125. The predicted molar refractivity (Wildman–Crippen MR) is 105 cm³/mol. The second-order valence-corrected chi connectivity index (χ2v) is 9.00. The van der Waals surface area contributed by atoms with Crippen molar-refractivity contribution >= 4 is 27.3 Å². The van der Waals surface area contributed by atoms with Gasteiger partial charge in [0.25, 0.3) is 5.91 Å². The summed E-state index contributed by atoms with van der Waals surface area (Å²) in [7, 11) is -3.53. The third kappa shape index (κ3) is 3.27. The van der Waals surface area contributed by atoms with Crippen LogP contribution in [0, 0.1) is 6.92 Å². The Labute approximate surface area is 159 Å². The SMILES string of the molecule is Cc1ccc2c(c1)N(S(C)(=O)=O)CC(C(=O)N1CCCc3ccccc31)O2. The van der Waals surface area contributed by atoms with Gasteiger partial charge in [-0.15, -0.1) is 0 Å². The molecule has 2 aromatic carbocycles. The lowest BCUT2D eigenvalue weighted by Crippen LogP contribution is -2.52. The van der Waals surface area contributed by atoms with E-state index in [9.17, 15) is 13.2 Å². The summed E-state index contributed by atoms with van der Waals surface area (Å²) >= 11 is 0. The van der Waals surface area contributed by atoms with Gasteiger partial charge in [-0.3, -0.25) is 9.10 Å². The molecule has 0 saturated heterocycles. The van der Waals surface area contributed by atoms with Gasteiger partial charge in [-0.25, -0.2) is 8.42 Å². The average molecular weight is 386 g/mol. The Morgan fingerprint density at radius 3 is 2.70 bits per heavy atom. The zero-order chi connectivity index (χ0) is 19.2. The van der Waals surface area contributed by atoms with Crippen LogP contribution >= 0.6 is 0 Å². The van der Waals surface area contributed by atoms with Crippen molar-refractivity contribution in [3.05, 3.63) is 53.6 Å². The number of anilines is 2. The van der Waals surface area contributed by atoms with Crippen molar-refractivity contribution in [2.24, 2.45) is 0 Å². The number of sulfonamides is 1. The highest BCUT2D eigenvalue weighted by Crippen LogP contribution is 2.37. The molecule has 1 unspecified atom stereocenters.